The molecule has 4 rings (SSSR count). The second-order valence-corrected chi connectivity index (χ2v) is 12.3. The molecule has 0 aliphatic heterocycles. The first-order valence-electron chi connectivity index (χ1n) is 9.58. The number of alkyl halides is 6. The fourth-order valence-corrected chi connectivity index (χ4v) is 7.20. The molecule has 0 fully saturated rings. The summed E-state index contributed by atoms with van der Waals surface area (Å²) in [5, 5.41) is -11.9. The topological polar surface area (TPSA) is 101 Å². The van der Waals surface area contributed by atoms with E-state index in [2.05, 4.69) is 4.18 Å². The Morgan fingerprint density at radius 2 is 1.11 bits per heavy atom. The van der Waals surface area contributed by atoms with Gasteiger partial charge >= 0.3 is 26.5 Å². The Kier molecular flexibility index (Phi) is 6.06. The summed E-state index contributed by atoms with van der Waals surface area (Å²) in [6, 6.07) is 19.0. The first-order valence-corrected chi connectivity index (χ1v) is 13.6. The van der Waals surface area contributed by atoms with E-state index in [0.717, 1.165) is 32.3 Å². The lowest BCUT2D eigenvalue weighted by atomic mass is 10.2. The molecule has 0 aliphatic carbocycles. The summed E-state index contributed by atoms with van der Waals surface area (Å²) in [7, 11) is -15.0. The second-order valence-electron chi connectivity index (χ2n) is 7.37. The first-order chi connectivity index (χ1) is 16.5. The lowest BCUT2D eigenvalue weighted by Crippen LogP contribution is -2.61. The average molecular weight is 571 g/mol. The highest BCUT2D eigenvalue weighted by molar-refractivity contribution is 7.88. The summed E-state index contributed by atoms with van der Waals surface area (Å²) < 4.78 is 143. The van der Waals surface area contributed by atoms with Gasteiger partial charge in [-0.25, -0.2) is 8.42 Å². The number of thiophene rings is 1. The zero-order chi connectivity index (χ0) is 26.7. The van der Waals surface area contributed by atoms with Gasteiger partial charge in [0.25, 0.3) is 0 Å². The number of hydrogen-bond donors (Lipinski definition) is 0. The maximum absolute atomic E-state index is 14.0. The van der Waals surface area contributed by atoms with Crippen LogP contribution < -0.4 is 4.18 Å². The Labute approximate surface area is 202 Å². The van der Waals surface area contributed by atoms with Crippen LogP contribution in [0.25, 0.3) is 25.1 Å². The fourth-order valence-electron chi connectivity index (χ4n) is 3.40. The summed E-state index contributed by atoms with van der Waals surface area (Å²) in [5.41, 5.74) is 0. The Morgan fingerprint density at radius 1 is 0.667 bits per heavy atom. The van der Waals surface area contributed by atoms with Gasteiger partial charge in [-0.1, -0.05) is 24.3 Å². The van der Waals surface area contributed by atoms with E-state index in [1.807, 2.05) is 36.4 Å². The summed E-state index contributed by atoms with van der Waals surface area (Å²) >= 11 is 0. The Morgan fingerprint density at radius 3 is 1.56 bits per heavy atom. The van der Waals surface area contributed by atoms with Gasteiger partial charge in [0, 0.05) is 33.4 Å². The van der Waals surface area contributed by atoms with Crippen molar-refractivity contribution >= 4 is 50.9 Å². The third-order valence-electron chi connectivity index (χ3n) is 5.13. The van der Waals surface area contributed by atoms with E-state index in [1.54, 1.807) is 12.1 Å². The van der Waals surface area contributed by atoms with E-state index < -0.39 is 52.9 Å². The minimum atomic E-state index is -7.37. The Balaban J connectivity index is 1.71. The molecule has 4 aromatic rings. The van der Waals surface area contributed by atoms with Crippen molar-refractivity contribution in [2.75, 3.05) is 0 Å². The van der Waals surface area contributed by atoms with Crippen LogP contribution in [0, 0.1) is 0 Å². The quantitative estimate of drug-likeness (QED) is 0.120. The lowest BCUT2D eigenvalue weighted by molar-refractivity contribution is -0.247. The molecule has 0 saturated carbocycles. The standard InChI is InChI=1S/C21H12F6O6S3/c22-19(23,20(24,25)35(28,29)30)21(26,27)36(31,32)33-13-9-11-14(12-10-13)34-17-7-3-1-5-15(17)16-6-2-4-8-18(16)34/h1-12H. The van der Waals surface area contributed by atoms with Crippen LogP contribution in [0.2, 0.25) is 0 Å². The molecule has 0 atom stereocenters. The van der Waals surface area contributed by atoms with Gasteiger partial charge in [0.15, 0.2) is 24.4 Å². The van der Waals surface area contributed by atoms with Crippen molar-refractivity contribution in [1.82, 2.24) is 0 Å². The zero-order valence-corrected chi connectivity index (χ0v) is 19.8. The molecule has 0 unspecified atom stereocenters. The predicted octanol–water partition coefficient (Wildman–Crippen LogP) is 5.81. The molecule has 0 bridgehead atoms. The molecular weight excluding hydrogens is 558 g/mol. The number of hydrogen-bond acceptors (Lipinski definition) is 6. The highest BCUT2D eigenvalue weighted by Crippen LogP contribution is 2.51. The minimum absolute atomic E-state index is 0.568. The van der Waals surface area contributed by atoms with Gasteiger partial charge in [-0.15, -0.1) is 0 Å². The largest absolute Gasteiger partial charge is 0.743 e. The van der Waals surface area contributed by atoms with Crippen molar-refractivity contribution in [3.8, 4) is 10.6 Å². The van der Waals surface area contributed by atoms with Crippen LogP contribution in [0.1, 0.15) is 0 Å². The summed E-state index contributed by atoms with van der Waals surface area (Å²) in [6.07, 6.45) is 0. The fraction of sp³-hybridized carbons (Fsp3) is 0.143. The molecule has 1 heterocycles. The van der Waals surface area contributed by atoms with E-state index in [-0.39, 0.29) is 0 Å². The van der Waals surface area contributed by atoms with Crippen LogP contribution in [-0.2, 0) is 20.2 Å². The summed E-state index contributed by atoms with van der Waals surface area (Å²) in [6.45, 7) is 0. The maximum Gasteiger partial charge on any atom is 0.450 e. The molecular formula is C21H12F6O6S3. The van der Waals surface area contributed by atoms with E-state index in [1.165, 1.54) is 12.1 Å². The lowest BCUT2D eigenvalue weighted by Gasteiger charge is -2.32. The average Bonchev–Trinajstić information content (AvgIpc) is 3.13. The molecule has 0 saturated heterocycles. The molecule has 3 aromatic carbocycles. The van der Waals surface area contributed by atoms with E-state index >= 15 is 0 Å². The summed E-state index contributed by atoms with van der Waals surface area (Å²) in [5.74, 6) is -8.08. The van der Waals surface area contributed by atoms with E-state index in [0.29, 0.717) is 4.90 Å². The number of fused-ring (bicyclic) bond motifs is 3. The van der Waals surface area contributed by atoms with Crippen molar-refractivity contribution < 1.29 is 51.9 Å². The molecule has 192 valence electrons. The van der Waals surface area contributed by atoms with Crippen molar-refractivity contribution in [2.45, 2.75) is 16.4 Å². The van der Waals surface area contributed by atoms with E-state index in [9.17, 15) is 47.7 Å². The molecule has 0 N–H and O–H groups in total. The second kappa shape index (κ2) is 8.33. The number of halogens is 6. The Hall–Kier alpha value is -2.88. The number of rotatable bonds is 7. The van der Waals surface area contributed by atoms with Gasteiger partial charge in [-0.2, -0.15) is 34.8 Å². The molecule has 0 amide bonds. The third-order valence-corrected chi connectivity index (χ3v) is 9.64. The van der Waals surface area contributed by atoms with Crippen molar-refractivity contribution in [3.05, 3.63) is 72.8 Å². The van der Waals surface area contributed by atoms with Crippen LogP contribution in [0.4, 0.5) is 26.3 Å². The maximum atomic E-state index is 14.0. The van der Waals surface area contributed by atoms with Crippen molar-refractivity contribution in [2.24, 2.45) is 0 Å². The highest BCUT2D eigenvalue weighted by Gasteiger charge is 2.81. The zero-order valence-electron chi connectivity index (χ0n) is 17.4. The molecule has 1 aromatic heterocycles. The molecule has 6 nitrogen and oxygen atoms in total. The molecule has 36 heavy (non-hydrogen) atoms. The van der Waals surface area contributed by atoms with Crippen LogP contribution in [-0.4, -0.2) is 37.8 Å². The molecule has 0 spiro atoms. The van der Waals surface area contributed by atoms with Gasteiger partial charge < -0.3 is 8.74 Å². The van der Waals surface area contributed by atoms with Gasteiger partial charge in [0.05, 0.1) is 0 Å². The SMILES string of the molecule is O=S(=O)([O-])C(F)(F)C(F)(F)C(F)(F)S(=O)(=O)Oc1ccc(-[s+]2c3ccccc3c3ccccc32)cc1. The smallest absolute Gasteiger partial charge is 0.450 e. The number of benzene rings is 3. The third kappa shape index (κ3) is 3.81. The first kappa shape index (κ1) is 26.2. The highest BCUT2D eigenvalue weighted by atomic mass is 32.2. The van der Waals surface area contributed by atoms with Crippen molar-refractivity contribution in [1.29, 1.82) is 0 Å². The molecule has 15 heteroatoms. The summed E-state index contributed by atoms with van der Waals surface area (Å²) in [4.78, 5) is 0.568. The monoisotopic (exact) mass is 570 g/mol. The molecule has 0 radical (unpaired) electrons. The minimum Gasteiger partial charge on any atom is -0.743 e. The van der Waals surface area contributed by atoms with Gasteiger partial charge in [-0.05, 0) is 36.4 Å². The van der Waals surface area contributed by atoms with E-state index in [4.69, 9.17) is 0 Å². The van der Waals surface area contributed by atoms with Gasteiger partial charge in [0.1, 0.15) is 5.75 Å². The van der Waals surface area contributed by atoms with Crippen LogP contribution in [0.3, 0.4) is 0 Å². The van der Waals surface area contributed by atoms with Gasteiger partial charge in [-0.3, -0.25) is 0 Å². The molecule has 0 aliphatic rings. The van der Waals surface area contributed by atoms with Crippen LogP contribution in [0.5, 0.6) is 5.75 Å². The Bertz CT molecular complexity index is 1630. The predicted molar refractivity (Wildman–Crippen MR) is 119 cm³/mol. The normalized spacial score (nSPS) is 13.9. The van der Waals surface area contributed by atoms with Gasteiger partial charge in [0.2, 0.25) is 0 Å². The van der Waals surface area contributed by atoms with Crippen LogP contribution in [0.15, 0.2) is 72.8 Å². The van der Waals surface area contributed by atoms with Crippen molar-refractivity contribution in [3.63, 3.8) is 0 Å². The van der Waals surface area contributed by atoms with Crippen LogP contribution >= 0.6 is 10.5 Å².